The van der Waals surface area contributed by atoms with Gasteiger partial charge in [-0.05, 0) is 5.56 Å². The van der Waals surface area contributed by atoms with Crippen LogP contribution in [0.4, 0.5) is 0 Å². The Hall–Kier alpha value is -1.64. The summed E-state index contributed by atoms with van der Waals surface area (Å²) in [6.45, 7) is 0.848. The maximum Gasteiger partial charge on any atom is 0.150 e. The molecule has 66 valence electrons. The highest BCUT2D eigenvalue weighted by Gasteiger charge is 2.11. The van der Waals surface area contributed by atoms with Crippen LogP contribution in [-0.2, 0) is 0 Å². The third kappa shape index (κ3) is 1.59. The van der Waals surface area contributed by atoms with Crippen LogP contribution in [0, 0.1) is 0 Å². The van der Waals surface area contributed by atoms with Gasteiger partial charge in [-0.2, -0.15) is 0 Å². The van der Waals surface area contributed by atoms with Crippen molar-refractivity contribution in [1.29, 1.82) is 0 Å². The van der Waals surface area contributed by atoms with Crippen LogP contribution >= 0.6 is 0 Å². The average molecular weight is 174 g/mol. The molecule has 1 N–H and O–H groups in total. The van der Waals surface area contributed by atoms with E-state index in [-0.39, 0.29) is 6.04 Å². The van der Waals surface area contributed by atoms with Gasteiger partial charge in [-0.3, -0.25) is 9.79 Å². The van der Waals surface area contributed by atoms with E-state index in [4.69, 9.17) is 0 Å². The molecular formula is C10H10N2O. The van der Waals surface area contributed by atoms with Crippen molar-refractivity contribution in [3.8, 4) is 0 Å². The summed E-state index contributed by atoms with van der Waals surface area (Å²) in [6.07, 6.45) is 2.57. The van der Waals surface area contributed by atoms with Crippen LogP contribution < -0.4 is 5.32 Å². The second-order valence-corrected chi connectivity index (χ2v) is 2.99. The van der Waals surface area contributed by atoms with E-state index in [1.54, 1.807) is 6.34 Å². The zero-order valence-corrected chi connectivity index (χ0v) is 7.10. The van der Waals surface area contributed by atoms with E-state index >= 15 is 0 Å². The number of carbonyl (C=O) groups is 1. The molecule has 0 saturated heterocycles. The van der Waals surface area contributed by atoms with Crippen LogP contribution in [0.1, 0.15) is 22.0 Å². The summed E-state index contributed by atoms with van der Waals surface area (Å²) in [7, 11) is 0. The Bertz CT molecular complexity index is 329. The number of hydrogen-bond donors (Lipinski definition) is 1. The lowest BCUT2D eigenvalue weighted by Gasteiger charge is -2.05. The van der Waals surface area contributed by atoms with Gasteiger partial charge in [0.2, 0.25) is 0 Å². The molecular weight excluding hydrogens is 164 g/mol. The number of aldehydes is 1. The molecule has 13 heavy (non-hydrogen) atoms. The van der Waals surface area contributed by atoms with Gasteiger partial charge in [0.15, 0.2) is 0 Å². The quantitative estimate of drug-likeness (QED) is 0.684. The lowest BCUT2D eigenvalue weighted by molar-refractivity contribution is 0.112. The standard InChI is InChI=1S/C10H10N2O/c13-6-8-1-3-9(4-2-8)10-5-11-7-12-10/h1-4,6-7,10H,5H2,(H,11,12). The molecule has 0 fully saturated rings. The fraction of sp³-hybridized carbons (Fsp3) is 0.200. The van der Waals surface area contributed by atoms with Gasteiger partial charge in [0.05, 0.1) is 12.4 Å². The van der Waals surface area contributed by atoms with Gasteiger partial charge < -0.3 is 5.32 Å². The molecule has 0 amide bonds. The van der Waals surface area contributed by atoms with E-state index in [1.165, 1.54) is 0 Å². The molecule has 0 bridgehead atoms. The molecule has 0 saturated carbocycles. The van der Waals surface area contributed by atoms with Crippen LogP contribution in [0.15, 0.2) is 29.3 Å². The Balaban J connectivity index is 2.21. The number of carbonyl (C=O) groups excluding carboxylic acids is 1. The molecule has 1 aromatic rings. The minimum atomic E-state index is 0.209. The fourth-order valence-electron chi connectivity index (χ4n) is 1.36. The average Bonchev–Trinajstić information content (AvgIpc) is 2.71. The molecule has 1 aliphatic rings. The maximum atomic E-state index is 10.4. The SMILES string of the molecule is O=Cc1ccc(C2CNC=N2)cc1. The predicted octanol–water partition coefficient (Wildman–Crippen LogP) is 1.17. The van der Waals surface area contributed by atoms with E-state index in [0.717, 1.165) is 18.4 Å². The van der Waals surface area contributed by atoms with Crippen molar-refractivity contribution in [2.24, 2.45) is 4.99 Å². The van der Waals surface area contributed by atoms with Gasteiger partial charge in [0.1, 0.15) is 6.29 Å². The highest BCUT2D eigenvalue weighted by atomic mass is 16.1. The number of aliphatic imine (C=N–C) groups is 1. The topological polar surface area (TPSA) is 41.5 Å². The minimum absolute atomic E-state index is 0.209. The summed E-state index contributed by atoms with van der Waals surface area (Å²) in [5.41, 5.74) is 1.85. The molecule has 0 radical (unpaired) electrons. The van der Waals surface area contributed by atoms with Gasteiger partial charge in [0, 0.05) is 12.1 Å². The summed E-state index contributed by atoms with van der Waals surface area (Å²) in [4.78, 5) is 14.6. The largest absolute Gasteiger partial charge is 0.374 e. The summed E-state index contributed by atoms with van der Waals surface area (Å²) >= 11 is 0. The normalized spacial score (nSPS) is 19.8. The Morgan fingerprint density at radius 3 is 2.69 bits per heavy atom. The Kier molecular flexibility index (Phi) is 2.08. The van der Waals surface area contributed by atoms with Gasteiger partial charge in [-0.25, -0.2) is 0 Å². The fourth-order valence-corrected chi connectivity index (χ4v) is 1.36. The van der Waals surface area contributed by atoms with Crippen LogP contribution in [0.2, 0.25) is 0 Å². The summed E-state index contributed by atoms with van der Waals surface area (Å²) in [5, 5.41) is 3.04. The van der Waals surface area contributed by atoms with Gasteiger partial charge in [-0.1, -0.05) is 24.3 Å². The van der Waals surface area contributed by atoms with Crippen molar-refractivity contribution in [1.82, 2.24) is 5.32 Å². The zero-order chi connectivity index (χ0) is 9.10. The van der Waals surface area contributed by atoms with Crippen molar-refractivity contribution in [2.75, 3.05) is 6.54 Å². The van der Waals surface area contributed by atoms with Gasteiger partial charge in [-0.15, -0.1) is 0 Å². The third-order valence-corrected chi connectivity index (χ3v) is 2.11. The van der Waals surface area contributed by atoms with Crippen molar-refractivity contribution in [3.63, 3.8) is 0 Å². The van der Waals surface area contributed by atoms with Crippen molar-refractivity contribution < 1.29 is 4.79 Å². The summed E-state index contributed by atoms with van der Waals surface area (Å²) in [5.74, 6) is 0. The van der Waals surface area contributed by atoms with E-state index in [1.807, 2.05) is 24.3 Å². The molecule has 0 spiro atoms. The lowest BCUT2D eigenvalue weighted by Crippen LogP contribution is -2.09. The molecule has 1 unspecified atom stereocenters. The second kappa shape index (κ2) is 3.39. The molecule has 0 aromatic heterocycles. The van der Waals surface area contributed by atoms with E-state index < -0.39 is 0 Å². The zero-order valence-electron chi connectivity index (χ0n) is 7.10. The van der Waals surface area contributed by atoms with Gasteiger partial charge >= 0.3 is 0 Å². The smallest absolute Gasteiger partial charge is 0.150 e. The Labute approximate surface area is 76.5 Å². The van der Waals surface area contributed by atoms with E-state index in [2.05, 4.69) is 10.3 Å². The molecule has 3 nitrogen and oxygen atoms in total. The molecule has 1 atom stereocenters. The van der Waals surface area contributed by atoms with E-state index in [0.29, 0.717) is 5.56 Å². The molecule has 1 aliphatic heterocycles. The summed E-state index contributed by atoms with van der Waals surface area (Å²) < 4.78 is 0. The Morgan fingerprint density at radius 2 is 2.15 bits per heavy atom. The number of hydrogen-bond acceptors (Lipinski definition) is 3. The van der Waals surface area contributed by atoms with Gasteiger partial charge in [0.25, 0.3) is 0 Å². The molecule has 0 aliphatic carbocycles. The predicted molar refractivity (Wildman–Crippen MR) is 51.1 cm³/mol. The van der Waals surface area contributed by atoms with Crippen molar-refractivity contribution >= 4 is 12.6 Å². The minimum Gasteiger partial charge on any atom is -0.374 e. The highest BCUT2D eigenvalue weighted by Crippen LogP contribution is 2.18. The third-order valence-electron chi connectivity index (χ3n) is 2.11. The lowest BCUT2D eigenvalue weighted by atomic mass is 10.1. The number of benzene rings is 1. The van der Waals surface area contributed by atoms with Crippen molar-refractivity contribution in [2.45, 2.75) is 6.04 Å². The first-order valence-corrected chi connectivity index (χ1v) is 4.20. The monoisotopic (exact) mass is 174 g/mol. The Morgan fingerprint density at radius 1 is 1.38 bits per heavy atom. The summed E-state index contributed by atoms with van der Waals surface area (Å²) in [6, 6.07) is 7.73. The first-order chi connectivity index (χ1) is 6.40. The highest BCUT2D eigenvalue weighted by molar-refractivity contribution is 5.74. The van der Waals surface area contributed by atoms with Crippen LogP contribution in [0.3, 0.4) is 0 Å². The first kappa shape index (κ1) is 7.98. The molecule has 2 rings (SSSR count). The number of rotatable bonds is 2. The number of nitrogens with one attached hydrogen (secondary N) is 1. The molecule has 3 heteroatoms. The second-order valence-electron chi connectivity index (χ2n) is 2.99. The van der Waals surface area contributed by atoms with Crippen LogP contribution in [-0.4, -0.2) is 19.2 Å². The van der Waals surface area contributed by atoms with Crippen molar-refractivity contribution in [3.05, 3.63) is 35.4 Å². The molecule has 1 aromatic carbocycles. The number of nitrogens with zero attached hydrogens (tertiary/aromatic N) is 1. The van der Waals surface area contributed by atoms with Crippen LogP contribution in [0.5, 0.6) is 0 Å². The first-order valence-electron chi connectivity index (χ1n) is 4.20. The van der Waals surface area contributed by atoms with E-state index in [9.17, 15) is 4.79 Å². The van der Waals surface area contributed by atoms with Crippen LogP contribution in [0.25, 0.3) is 0 Å². The molecule has 1 heterocycles. The maximum absolute atomic E-state index is 10.4.